The lowest BCUT2D eigenvalue weighted by molar-refractivity contribution is -0.121. The topological polar surface area (TPSA) is 62.7 Å². The van der Waals surface area contributed by atoms with Crippen LogP contribution in [0.4, 0.5) is 5.69 Å². The summed E-state index contributed by atoms with van der Waals surface area (Å²) in [5, 5.41) is 7.30. The summed E-state index contributed by atoms with van der Waals surface area (Å²) >= 11 is 0. The Balaban J connectivity index is 1.98. The number of benzene rings is 2. The van der Waals surface area contributed by atoms with Crippen molar-refractivity contribution in [1.82, 2.24) is 5.43 Å². The molecule has 2 rings (SSSR count). The van der Waals surface area contributed by atoms with Crippen LogP contribution in [0.3, 0.4) is 0 Å². The predicted molar refractivity (Wildman–Crippen MR) is 97.6 cm³/mol. The second kappa shape index (κ2) is 8.15. The second-order valence-electron chi connectivity index (χ2n) is 5.61. The van der Waals surface area contributed by atoms with Crippen LogP contribution < -0.4 is 15.5 Å². The van der Waals surface area contributed by atoms with Crippen LogP contribution in [0.5, 0.6) is 5.75 Å². The minimum absolute atomic E-state index is 0.215. The van der Waals surface area contributed by atoms with Crippen molar-refractivity contribution in [3.63, 3.8) is 0 Å². The summed E-state index contributed by atoms with van der Waals surface area (Å²) in [5.41, 5.74) is 6.29. The van der Waals surface area contributed by atoms with E-state index in [2.05, 4.69) is 15.8 Å². The van der Waals surface area contributed by atoms with E-state index in [1.165, 1.54) is 5.56 Å². The Morgan fingerprint density at radius 3 is 2.46 bits per heavy atom. The first-order valence-corrected chi connectivity index (χ1v) is 7.82. The Bertz CT molecular complexity index is 724. The summed E-state index contributed by atoms with van der Waals surface area (Å²) in [6.07, 6.45) is 0. The lowest BCUT2D eigenvalue weighted by Crippen LogP contribution is -2.35. The molecule has 5 nitrogen and oxygen atoms in total. The lowest BCUT2D eigenvalue weighted by atomic mass is 10.1. The van der Waals surface area contributed by atoms with E-state index in [-0.39, 0.29) is 5.91 Å². The monoisotopic (exact) mass is 325 g/mol. The van der Waals surface area contributed by atoms with Crippen LogP contribution in [-0.2, 0) is 4.79 Å². The molecule has 0 radical (unpaired) electrons. The van der Waals surface area contributed by atoms with Crippen molar-refractivity contribution in [3.8, 4) is 5.75 Å². The lowest BCUT2D eigenvalue weighted by Gasteiger charge is -2.16. The van der Waals surface area contributed by atoms with Gasteiger partial charge in [0.05, 0.1) is 18.5 Å². The number of amides is 1. The molecule has 0 saturated carbocycles. The smallest absolute Gasteiger partial charge is 0.262 e. The van der Waals surface area contributed by atoms with E-state index in [0.29, 0.717) is 5.75 Å². The number of nitrogens with zero attached hydrogens (tertiary/aromatic N) is 1. The number of rotatable bonds is 6. The maximum Gasteiger partial charge on any atom is 0.262 e. The van der Waals surface area contributed by atoms with Gasteiger partial charge in [-0.2, -0.15) is 5.10 Å². The van der Waals surface area contributed by atoms with E-state index >= 15 is 0 Å². The van der Waals surface area contributed by atoms with Gasteiger partial charge < -0.3 is 10.1 Å². The highest BCUT2D eigenvalue weighted by Gasteiger charge is 2.14. The fourth-order valence-corrected chi connectivity index (χ4v) is 2.16. The highest BCUT2D eigenvalue weighted by Crippen LogP contribution is 2.23. The van der Waals surface area contributed by atoms with Crippen LogP contribution in [-0.4, -0.2) is 24.8 Å². The maximum atomic E-state index is 12.2. The quantitative estimate of drug-likeness (QED) is 0.632. The first-order chi connectivity index (χ1) is 11.5. The third-order valence-corrected chi connectivity index (χ3v) is 3.68. The van der Waals surface area contributed by atoms with Gasteiger partial charge in [0.2, 0.25) is 0 Å². The molecule has 1 amide bonds. The van der Waals surface area contributed by atoms with Crippen LogP contribution in [0.15, 0.2) is 53.6 Å². The molecule has 2 N–H and O–H groups in total. The number of hydrogen-bond acceptors (Lipinski definition) is 4. The molecule has 0 aliphatic rings. The number of hydrazone groups is 1. The molecule has 0 saturated heterocycles. The number of hydrogen-bond donors (Lipinski definition) is 2. The number of carbonyl (C=O) groups is 1. The Hall–Kier alpha value is -2.82. The number of aryl methyl sites for hydroxylation is 1. The van der Waals surface area contributed by atoms with Crippen molar-refractivity contribution in [2.75, 3.05) is 12.4 Å². The molecule has 0 fully saturated rings. The zero-order valence-electron chi connectivity index (χ0n) is 14.5. The number of nitrogens with one attached hydrogen (secondary N) is 2. The molecule has 0 bridgehead atoms. The van der Waals surface area contributed by atoms with Gasteiger partial charge in [-0.25, -0.2) is 5.43 Å². The Morgan fingerprint density at radius 2 is 1.79 bits per heavy atom. The Kier molecular flexibility index (Phi) is 5.95. The van der Waals surface area contributed by atoms with Crippen molar-refractivity contribution in [2.24, 2.45) is 5.10 Å². The molecule has 0 aliphatic heterocycles. The van der Waals surface area contributed by atoms with Crippen molar-refractivity contribution in [3.05, 3.63) is 59.7 Å². The first kappa shape index (κ1) is 17.5. The average Bonchev–Trinajstić information content (AvgIpc) is 2.60. The molecular weight excluding hydrogens is 302 g/mol. The number of anilines is 1. The number of ether oxygens (including phenoxy) is 1. The first-order valence-electron chi connectivity index (χ1n) is 7.82. The van der Waals surface area contributed by atoms with E-state index in [4.69, 9.17) is 4.74 Å². The molecule has 2 aromatic rings. The van der Waals surface area contributed by atoms with Gasteiger partial charge in [0.1, 0.15) is 11.8 Å². The van der Waals surface area contributed by atoms with Gasteiger partial charge in [0, 0.05) is 0 Å². The van der Waals surface area contributed by atoms with Crippen LogP contribution in [0.2, 0.25) is 0 Å². The molecule has 24 heavy (non-hydrogen) atoms. The van der Waals surface area contributed by atoms with Gasteiger partial charge in [-0.05, 0) is 38.5 Å². The van der Waals surface area contributed by atoms with Gasteiger partial charge in [-0.1, -0.05) is 42.0 Å². The van der Waals surface area contributed by atoms with E-state index in [0.717, 1.165) is 17.0 Å². The van der Waals surface area contributed by atoms with E-state index < -0.39 is 6.04 Å². The zero-order valence-corrected chi connectivity index (χ0v) is 14.5. The standard InChI is InChI=1S/C19H23N3O2/c1-13-9-11-16(12-10-13)14(2)21-22-19(23)15(3)20-17-7-5-6-8-18(17)24-4/h5-12,15,20H,1-4H3,(H,22,23)/b21-14+/t15-/m1/s1. The molecule has 1 atom stereocenters. The SMILES string of the molecule is COc1ccccc1N[C@H](C)C(=O)N/N=C(\C)c1ccc(C)cc1. The van der Waals surface area contributed by atoms with Crippen molar-refractivity contribution in [2.45, 2.75) is 26.8 Å². The Labute approximate surface area is 142 Å². The zero-order chi connectivity index (χ0) is 17.5. The third-order valence-electron chi connectivity index (χ3n) is 3.68. The minimum atomic E-state index is -0.448. The van der Waals surface area contributed by atoms with Crippen LogP contribution in [0, 0.1) is 6.92 Å². The van der Waals surface area contributed by atoms with Gasteiger partial charge in [-0.15, -0.1) is 0 Å². The number of carbonyl (C=O) groups excluding carboxylic acids is 1. The summed E-state index contributed by atoms with van der Waals surface area (Å²) in [6.45, 7) is 5.67. The molecule has 2 aromatic carbocycles. The molecule has 0 aliphatic carbocycles. The molecule has 126 valence electrons. The summed E-state index contributed by atoms with van der Waals surface area (Å²) in [5.74, 6) is 0.476. The summed E-state index contributed by atoms with van der Waals surface area (Å²) in [4.78, 5) is 12.2. The molecule has 0 aromatic heterocycles. The van der Waals surface area contributed by atoms with E-state index in [9.17, 15) is 4.79 Å². The van der Waals surface area contributed by atoms with Gasteiger partial charge in [0.25, 0.3) is 5.91 Å². The summed E-state index contributed by atoms with van der Waals surface area (Å²) in [7, 11) is 1.60. The largest absolute Gasteiger partial charge is 0.495 e. The van der Waals surface area contributed by atoms with E-state index in [1.807, 2.05) is 62.4 Å². The van der Waals surface area contributed by atoms with Crippen molar-refractivity contribution < 1.29 is 9.53 Å². The van der Waals surface area contributed by atoms with Crippen molar-refractivity contribution >= 4 is 17.3 Å². The number of para-hydroxylation sites is 2. The third kappa shape index (κ3) is 4.59. The van der Waals surface area contributed by atoms with Crippen LogP contribution in [0.25, 0.3) is 0 Å². The summed E-state index contributed by atoms with van der Waals surface area (Å²) in [6, 6.07) is 15.0. The molecule has 5 heteroatoms. The highest BCUT2D eigenvalue weighted by atomic mass is 16.5. The van der Waals surface area contributed by atoms with Gasteiger partial charge >= 0.3 is 0 Å². The van der Waals surface area contributed by atoms with Crippen LogP contribution >= 0.6 is 0 Å². The minimum Gasteiger partial charge on any atom is -0.495 e. The average molecular weight is 325 g/mol. The molecular formula is C19H23N3O2. The normalized spacial score (nSPS) is 12.4. The fourth-order valence-electron chi connectivity index (χ4n) is 2.16. The second-order valence-corrected chi connectivity index (χ2v) is 5.61. The predicted octanol–water partition coefficient (Wildman–Crippen LogP) is 3.34. The number of methoxy groups -OCH3 is 1. The van der Waals surface area contributed by atoms with Gasteiger partial charge in [0.15, 0.2) is 0 Å². The van der Waals surface area contributed by atoms with E-state index in [1.54, 1.807) is 14.0 Å². The fraction of sp³-hybridized carbons (Fsp3) is 0.263. The molecule has 0 unspecified atom stereocenters. The van der Waals surface area contributed by atoms with Gasteiger partial charge in [-0.3, -0.25) is 4.79 Å². The highest BCUT2D eigenvalue weighted by molar-refractivity contribution is 5.99. The molecule has 0 spiro atoms. The maximum absolute atomic E-state index is 12.2. The van der Waals surface area contributed by atoms with Crippen molar-refractivity contribution in [1.29, 1.82) is 0 Å². The van der Waals surface area contributed by atoms with Crippen LogP contribution in [0.1, 0.15) is 25.0 Å². The summed E-state index contributed by atoms with van der Waals surface area (Å²) < 4.78 is 5.27. The Morgan fingerprint density at radius 1 is 1.12 bits per heavy atom. The molecule has 0 heterocycles.